The van der Waals surface area contributed by atoms with E-state index in [4.69, 9.17) is 19.7 Å². The maximum Gasteiger partial charge on any atom is 0.340 e. The van der Waals surface area contributed by atoms with Gasteiger partial charge in [-0.1, -0.05) is 0 Å². The minimum absolute atomic E-state index is 0.00532. The van der Waals surface area contributed by atoms with Crippen LogP contribution in [0.15, 0.2) is 6.07 Å². The lowest BCUT2D eigenvalue weighted by Crippen LogP contribution is -2.12. The van der Waals surface area contributed by atoms with Gasteiger partial charge < -0.3 is 19.7 Å². The fraction of sp³-hybridized carbons (Fsp3) is 0.273. The topological polar surface area (TPSA) is 93.1 Å². The highest BCUT2D eigenvalue weighted by Gasteiger charge is 2.25. The zero-order valence-electron chi connectivity index (χ0n) is 9.60. The first-order valence-corrected chi connectivity index (χ1v) is 4.66. The average molecular weight is 240 g/mol. The van der Waals surface area contributed by atoms with Crippen molar-refractivity contribution in [2.24, 2.45) is 0 Å². The standard InChI is InChI=1S/C11H12O6/c1-5-7(16-2)4-6(10(12)13)8(11(14)15)9(5)17-3/h4H,1-3H3,(H,12,13)(H,14,15). The van der Waals surface area contributed by atoms with E-state index < -0.39 is 11.9 Å². The lowest BCUT2D eigenvalue weighted by atomic mass is 10.0. The summed E-state index contributed by atoms with van der Waals surface area (Å²) in [6, 6.07) is 1.17. The molecule has 17 heavy (non-hydrogen) atoms. The van der Waals surface area contributed by atoms with E-state index in [1.807, 2.05) is 0 Å². The normalized spacial score (nSPS) is 9.82. The Balaban J connectivity index is 3.70. The predicted octanol–water partition coefficient (Wildman–Crippen LogP) is 1.41. The number of methoxy groups -OCH3 is 2. The largest absolute Gasteiger partial charge is 0.496 e. The third-order valence-electron chi connectivity index (χ3n) is 2.35. The van der Waals surface area contributed by atoms with Gasteiger partial charge in [-0.25, -0.2) is 9.59 Å². The fourth-order valence-electron chi connectivity index (χ4n) is 1.58. The molecule has 0 saturated carbocycles. The van der Waals surface area contributed by atoms with Gasteiger partial charge in [0.05, 0.1) is 19.8 Å². The van der Waals surface area contributed by atoms with Crippen LogP contribution in [0.1, 0.15) is 26.3 Å². The molecular formula is C11H12O6. The van der Waals surface area contributed by atoms with Crippen LogP contribution in [0.2, 0.25) is 0 Å². The molecule has 1 aromatic carbocycles. The molecule has 6 nitrogen and oxygen atoms in total. The molecule has 0 unspecified atom stereocenters. The number of carbonyl (C=O) groups is 2. The molecule has 0 aliphatic heterocycles. The Labute approximate surface area is 97.4 Å². The van der Waals surface area contributed by atoms with Gasteiger partial charge in [-0.15, -0.1) is 0 Å². The van der Waals surface area contributed by atoms with E-state index in [0.717, 1.165) is 0 Å². The molecule has 0 atom stereocenters. The summed E-state index contributed by atoms with van der Waals surface area (Å²) in [4.78, 5) is 22.1. The summed E-state index contributed by atoms with van der Waals surface area (Å²) in [5.74, 6) is -2.44. The Morgan fingerprint density at radius 1 is 1.12 bits per heavy atom. The maximum atomic E-state index is 11.1. The first-order chi connectivity index (χ1) is 7.93. The molecule has 0 aliphatic rings. The number of hydrogen-bond acceptors (Lipinski definition) is 4. The second-order valence-corrected chi connectivity index (χ2v) is 3.27. The highest BCUT2D eigenvalue weighted by Crippen LogP contribution is 2.34. The smallest absolute Gasteiger partial charge is 0.340 e. The van der Waals surface area contributed by atoms with E-state index in [-0.39, 0.29) is 22.6 Å². The highest BCUT2D eigenvalue weighted by atomic mass is 16.5. The van der Waals surface area contributed by atoms with Crippen molar-refractivity contribution < 1.29 is 29.3 Å². The van der Waals surface area contributed by atoms with Gasteiger partial charge in [0.2, 0.25) is 0 Å². The van der Waals surface area contributed by atoms with E-state index in [1.165, 1.54) is 20.3 Å². The molecular weight excluding hydrogens is 228 g/mol. The van der Waals surface area contributed by atoms with E-state index in [1.54, 1.807) is 6.92 Å². The Hall–Kier alpha value is -2.24. The first kappa shape index (κ1) is 12.8. The van der Waals surface area contributed by atoms with Crippen LogP contribution in [-0.4, -0.2) is 36.4 Å². The van der Waals surface area contributed by atoms with Gasteiger partial charge in [0, 0.05) is 5.56 Å². The third kappa shape index (κ3) is 2.15. The van der Waals surface area contributed by atoms with E-state index >= 15 is 0 Å². The second-order valence-electron chi connectivity index (χ2n) is 3.27. The van der Waals surface area contributed by atoms with Gasteiger partial charge in [-0.2, -0.15) is 0 Å². The molecule has 2 N–H and O–H groups in total. The van der Waals surface area contributed by atoms with Crippen LogP contribution in [0.3, 0.4) is 0 Å². The molecule has 0 amide bonds. The fourth-order valence-corrected chi connectivity index (χ4v) is 1.58. The summed E-state index contributed by atoms with van der Waals surface area (Å²) in [5.41, 5.74) is -0.299. The molecule has 0 radical (unpaired) electrons. The van der Waals surface area contributed by atoms with Gasteiger partial charge in [0.1, 0.15) is 17.1 Å². The van der Waals surface area contributed by atoms with Crippen LogP contribution < -0.4 is 9.47 Å². The van der Waals surface area contributed by atoms with Gasteiger partial charge >= 0.3 is 11.9 Å². The van der Waals surface area contributed by atoms with Gasteiger partial charge in [-0.05, 0) is 13.0 Å². The van der Waals surface area contributed by atoms with Crippen molar-refractivity contribution in [2.45, 2.75) is 6.92 Å². The maximum absolute atomic E-state index is 11.1. The predicted molar refractivity (Wildman–Crippen MR) is 58.2 cm³/mol. The second kappa shape index (κ2) is 4.73. The van der Waals surface area contributed by atoms with Crippen molar-refractivity contribution >= 4 is 11.9 Å². The van der Waals surface area contributed by atoms with Gasteiger partial charge in [0.15, 0.2) is 0 Å². The highest BCUT2D eigenvalue weighted by molar-refractivity contribution is 6.04. The van der Waals surface area contributed by atoms with Crippen LogP contribution in [0, 0.1) is 6.92 Å². The Morgan fingerprint density at radius 3 is 2.06 bits per heavy atom. The zero-order valence-corrected chi connectivity index (χ0v) is 9.60. The number of hydrogen-bond donors (Lipinski definition) is 2. The van der Waals surface area contributed by atoms with Crippen LogP contribution in [-0.2, 0) is 0 Å². The monoisotopic (exact) mass is 240 g/mol. The molecule has 6 heteroatoms. The molecule has 0 aliphatic carbocycles. The zero-order chi connectivity index (χ0) is 13.2. The van der Waals surface area contributed by atoms with Crippen LogP contribution in [0.5, 0.6) is 11.5 Å². The molecule has 92 valence electrons. The molecule has 0 bridgehead atoms. The number of carboxylic acid groups (broad SMARTS) is 2. The number of aromatic carboxylic acids is 2. The van der Waals surface area contributed by atoms with Crippen LogP contribution in [0.4, 0.5) is 0 Å². The summed E-state index contributed by atoms with van der Waals surface area (Å²) in [6.07, 6.45) is 0. The Kier molecular flexibility index (Phi) is 3.57. The number of benzene rings is 1. The van der Waals surface area contributed by atoms with Crippen molar-refractivity contribution in [1.29, 1.82) is 0 Å². The van der Waals surface area contributed by atoms with Crippen molar-refractivity contribution in [3.63, 3.8) is 0 Å². The van der Waals surface area contributed by atoms with Gasteiger partial charge in [0.25, 0.3) is 0 Å². The van der Waals surface area contributed by atoms with Crippen LogP contribution >= 0.6 is 0 Å². The summed E-state index contributed by atoms with van der Waals surface area (Å²) >= 11 is 0. The number of ether oxygens (including phenoxy) is 2. The van der Waals surface area contributed by atoms with Crippen molar-refractivity contribution in [2.75, 3.05) is 14.2 Å². The quantitative estimate of drug-likeness (QED) is 0.826. The van der Waals surface area contributed by atoms with Crippen molar-refractivity contribution in [1.82, 2.24) is 0 Å². The summed E-state index contributed by atoms with van der Waals surface area (Å²) in [5, 5.41) is 18.0. The number of rotatable bonds is 4. The van der Waals surface area contributed by atoms with Crippen molar-refractivity contribution in [3.8, 4) is 11.5 Å². The SMILES string of the molecule is COc1cc(C(=O)O)c(C(=O)O)c(OC)c1C. The molecule has 0 heterocycles. The lowest BCUT2D eigenvalue weighted by Gasteiger charge is -2.14. The minimum Gasteiger partial charge on any atom is -0.496 e. The average Bonchev–Trinajstić information content (AvgIpc) is 2.27. The van der Waals surface area contributed by atoms with Crippen LogP contribution in [0.25, 0.3) is 0 Å². The minimum atomic E-state index is -1.36. The molecule has 1 aromatic rings. The number of carboxylic acids is 2. The Morgan fingerprint density at radius 2 is 1.71 bits per heavy atom. The molecule has 0 spiro atoms. The molecule has 1 rings (SSSR count). The lowest BCUT2D eigenvalue weighted by molar-refractivity contribution is 0.0648. The molecule has 0 saturated heterocycles. The third-order valence-corrected chi connectivity index (χ3v) is 2.35. The van der Waals surface area contributed by atoms with Crippen molar-refractivity contribution in [3.05, 3.63) is 22.8 Å². The van der Waals surface area contributed by atoms with E-state index in [9.17, 15) is 9.59 Å². The molecule has 0 aromatic heterocycles. The van der Waals surface area contributed by atoms with E-state index in [0.29, 0.717) is 5.56 Å². The summed E-state index contributed by atoms with van der Waals surface area (Å²) < 4.78 is 9.92. The van der Waals surface area contributed by atoms with E-state index in [2.05, 4.69) is 0 Å². The van der Waals surface area contributed by atoms with Gasteiger partial charge in [-0.3, -0.25) is 0 Å². The molecule has 0 fully saturated rings. The summed E-state index contributed by atoms with van der Waals surface area (Å²) in [6.45, 7) is 1.59. The Bertz CT molecular complexity index is 477. The first-order valence-electron chi connectivity index (χ1n) is 4.66. The summed E-state index contributed by atoms with van der Waals surface area (Å²) in [7, 11) is 2.65.